The minimum atomic E-state index is -0.753. The molecule has 4 rings (SSSR count). The predicted molar refractivity (Wildman–Crippen MR) is 125 cm³/mol. The van der Waals surface area contributed by atoms with Crippen LogP contribution < -0.4 is 0 Å². The summed E-state index contributed by atoms with van der Waals surface area (Å²) in [5.41, 5.74) is 4.20. The highest BCUT2D eigenvalue weighted by Crippen LogP contribution is 2.26. The van der Waals surface area contributed by atoms with E-state index >= 15 is 0 Å². The van der Waals surface area contributed by atoms with Gasteiger partial charge in [-0.3, -0.25) is 4.79 Å². The predicted octanol–water partition coefficient (Wildman–Crippen LogP) is 5.35. The number of halogens is 1. The van der Waals surface area contributed by atoms with Gasteiger partial charge >= 0.3 is 5.97 Å². The van der Waals surface area contributed by atoms with E-state index in [0.29, 0.717) is 11.4 Å². The average Bonchev–Trinajstić information content (AvgIpc) is 3.25. The molecule has 0 amide bonds. The zero-order valence-electron chi connectivity index (χ0n) is 17.6. The molecule has 7 heteroatoms. The normalized spacial score (nSPS) is 10.7. The Balaban J connectivity index is 1.67. The van der Waals surface area contributed by atoms with Gasteiger partial charge in [0.15, 0.2) is 18.2 Å². The number of carbonyl (C=O) groups is 2. The number of esters is 1. The number of benzene rings is 3. The number of carbonyl (C=O) groups excluding carboxylic acids is 2. The maximum absolute atomic E-state index is 12.7. The van der Waals surface area contributed by atoms with Crippen LogP contribution in [0.25, 0.3) is 17.1 Å². The quantitative estimate of drug-likeness (QED) is 0.269. The highest BCUT2D eigenvalue weighted by Gasteiger charge is 2.22. The van der Waals surface area contributed by atoms with Crippen molar-refractivity contribution in [3.8, 4) is 17.1 Å². The third-order valence-electron chi connectivity index (χ3n) is 5.13. The van der Waals surface area contributed by atoms with Gasteiger partial charge in [0.25, 0.3) is 5.82 Å². The fourth-order valence-corrected chi connectivity index (χ4v) is 3.48. The zero-order valence-corrected chi connectivity index (χ0v) is 19.2. The second-order valence-corrected chi connectivity index (χ2v) is 8.18. The standard InChI is InChI=1S/C25H20BrN3O3/c1-16-7-6-10-21(17(16)2)29-24(19-11-13-20(26)14-12-19)27-23(28-29)25(31)32-15-22(30)18-8-4-3-5-9-18/h3-14H,15H2,1-2H3. The van der Waals surface area contributed by atoms with Crippen molar-refractivity contribution in [2.24, 2.45) is 0 Å². The van der Waals surface area contributed by atoms with Crippen molar-refractivity contribution in [3.05, 3.63) is 99.8 Å². The molecule has 1 heterocycles. The molecule has 1 aromatic heterocycles. The van der Waals surface area contributed by atoms with Crippen LogP contribution in [0, 0.1) is 13.8 Å². The number of aryl methyl sites for hydroxylation is 1. The zero-order chi connectivity index (χ0) is 22.7. The first-order valence-corrected chi connectivity index (χ1v) is 10.8. The van der Waals surface area contributed by atoms with Crippen molar-refractivity contribution in [3.63, 3.8) is 0 Å². The average molecular weight is 490 g/mol. The topological polar surface area (TPSA) is 74.1 Å². The molecular formula is C25H20BrN3O3. The first-order chi connectivity index (χ1) is 15.4. The highest BCUT2D eigenvalue weighted by molar-refractivity contribution is 9.10. The summed E-state index contributed by atoms with van der Waals surface area (Å²) in [6.45, 7) is 3.63. The fourth-order valence-electron chi connectivity index (χ4n) is 3.22. The van der Waals surface area contributed by atoms with Gasteiger partial charge in [-0.2, -0.15) is 0 Å². The lowest BCUT2D eigenvalue weighted by Crippen LogP contribution is -2.15. The molecule has 6 nitrogen and oxygen atoms in total. The van der Waals surface area contributed by atoms with E-state index < -0.39 is 5.97 Å². The first kappa shape index (κ1) is 21.6. The Labute approximate surface area is 194 Å². The summed E-state index contributed by atoms with van der Waals surface area (Å²) in [6, 6.07) is 22.1. The van der Waals surface area contributed by atoms with Gasteiger partial charge in [-0.25, -0.2) is 14.5 Å². The van der Waals surface area contributed by atoms with E-state index in [1.165, 1.54) is 0 Å². The van der Waals surface area contributed by atoms with Crippen LogP contribution in [-0.2, 0) is 4.74 Å². The molecule has 0 N–H and O–H groups in total. The van der Waals surface area contributed by atoms with E-state index in [0.717, 1.165) is 26.9 Å². The van der Waals surface area contributed by atoms with Crippen LogP contribution in [0.15, 0.2) is 77.3 Å². The summed E-state index contributed by atoms with van der Waals surface area (Å²) in [6.07, 6.45) is 0. The SMILES string of the molecule is Cc1cccc(-n2nc(C(=O)OCC(=O)c3ccccc3)nc2-c2ccc(Br)cc2)c1C. The van der Waals surface area contributed by atoms with Crippen LogP contribution in [0.3, 0.4) is 0 Å². The van der Waals surface area contributed by atoms with Crippen LogP contribution in [0.2, 0.25) is 0 Å². The maximum Gasteiger partial charge on any atom is 0.378 e. The van der Waals surface area contributed by atoms with Crippen LogP contribution in [0.4, 0.5) is 0 Å². The number of hydrogen-bond acceptors (Lipinski definition) is 5. The molecule has 0 unspecified atom stereocenters. The Bertz CT molecular complexity index is 1280. The first-order valence-electron chi connectivity index (χ1n) is 9.99. The molecule has 0 saturated heterocycles. The third kappa shape index (κ3) is 4.53. The molecule has 0 aliphatic heterocycles. The number of ether oxygens (including phenoxy) is 1. The molecule has 160 valence electrons. The highest BCUT2D eigenvalue weighted by atomic mass is 79.9. The van der Waals surface area contributed by atoms with Crippen LogP contribution in [-0.4, -0.2) is 33.1 Å². The van der Waals surface area contributed by atoms with E-state index in [-0.39, 0.29) is 18.2 Å². The summed E-state index contributed by atoms with van der Waals surface area (Å²) in [5.74, 6) is -0.644. The number of ketones is 1. The summed E-state index contributed by atoms with van der Waals surface area (Å²) in [7, 11) is 0. The molecule has 0 saturated carbocycles. The molecule has 0 atom stereocenters. The van der Waals surface area contributed by atoms with E-state index in [9.17, 15) is 9.59 Å². The Morgan fingerprint density at radius 1 is 0.938 bits per heavy atom. The molecule has 32 heavy (non-hydrogen) atoms. The molecule has 3 aromatic carbocycles. The fraction of sp³-hybridized carbons (Fsp3) is 0.120. The van der Waals surface area contributed by atoms with Crippen molar-refractivity contribution in [2.45, 2.75) is 13.8 Å². The minimum Gasteiger partial charge on any atom is -0.451 e. The molecule has 0 aliphatic carbocycles. The van der Waals surface area contributed by atoms with E-state index in [1.54, 1.807) is 28.9 Å². The van der Waals surface area contributed by atoms with Gasteiger partial charge in [-0.15, -0.1) is 5.10 Å². The van der Waals surface area contributed by atoms with Crippen LogP contribution in [0.1, 0.15) is 32.1 Å². The Kier molecular flexibility index (Phi) is 6.28. The Hall–Kier alpha value is -3.58. The largest absolute Gasteiger partial charge is 0.451 e. The van der Waals surface area contributed by atoms with Crippen molar-refractivity contribution < 1.29 is 14.3 Å². The Morgan fingerprint density at radius 3 is 2.38 bits per heavy atom. The molecule has 0 bridgehead atoms. The smallest absolute Gasteiger partial charge is 0.378 e. The van der Waals surface area contributed by atoms with Crippen molar-refractivity contribution in [2.75, 3.05) is 6.61 Å². The molecule has 0 radical (unpaired) electrons. The summed E-state index contributed by atoms with van der Waals surface area (Å²) in [5, 5.41) is 4.44. The summed E-state index contributed by atoms with van der Waals surface area (Å²) < 4.78 is 7.79. The number of aromatic nitrogens is 3. The molecule has 0 spiro atoms. The second-order valence-electron chi connectivity index (χ2n) is 7.26. The van der Waals surface area contributed by atoms with E-state index in [2.05, 4.69) is 26.0 Å². The van der Waals surface area contributed by atoms with Gasteiger partial charge < -0.3 is 4.74 Å². The number of nitrogens with zero attached hydrogens (tertiary/aromatic N) is 3. The van der Waals surface area contributed by atoms with Crippen LogP contribution >= 0.6 is 15.9 Å². The number of rotatable bonds is 6. The van der Waals surface area contributed by atoms with Gasteiger partial charge in [-0.1, -0.05) is 70.5 Å². The molecule has 0 fully saturated rings. The van der Waals surface area contributed by atoms with Crippen molar-refractivity contribution in [1.82, 2.24) is 14.8 Å². The molecule has 4 aromatic rings. The Morgan fingerprint density at radius 2 is 1.66 bits per heavy atom. The van der Waals surface area contributed by atoms with Gasteiger partial charge in [0, 0.05) is 15.6 Å². The maximum atomic E-state index is 12.7. The van der Waals surface area contributed by atoms with Gasteiger partial charge in [0.2, 0.25) is 0 Å². The van der Waals surface area contributed by atoms with Gasteiger partial charge in [0.05, 0.1) is 5.69 Å². The monoisotopic (exact) mass is 489 g/mol. The van der Waals surface area contributed by atoms with Gasteiger partial charge in [0.1, 0.15) is 0 Å². The number of hydrogen-bond donors (Lipinski definition) is 0. The minimum absolute atomic E-state index is 0.107. The van der Waals surface area contributed by atoms with E-state index in [1.807, 2.05) is 62.4 Å². The lowest BCUT2D eigenvalue weighted by atomic mass is 10.1. The third-order valence-corrected chi connectivity index (χ3v) is 5.66. The van der Waals surface area contributed by atoms with Crippen LogP contribution in [0.5, 0.6) is 0 Å². The van der Waals surface area contributed by atoms with E-state index in [4.69, 9.17) is 4.74 Å². The number of Topliss-reactive ketones (excluding diaryl/α,β-unsaturated/α-hetero) is 1. The van der Waals surface area contributed by atoms with Gasteiger partial charge in [-0.05, 0) is 43.2 Å². The molecule has 0 aliphatic rings. The molecular weight excluding hydrogens is 470 g/mol. The summed E-state index contributed by atoms with van der Waals surface area (Å²) >= 11 is 3.44. The van der Waals surface area contributed by atoms with Crippen molar-refractivity contribution >= 4 is 27.7 Å². The summed E-state index contributed by atoms with van der Waals surface area (Å²) in [4.78, 5) is 29.4. The lowest BCUT2D eigenvalue weighted by Gasteiger charge is -2.11. The lowest BCUT2D eigenvalue weighted by molar-refractivity contribution is 0.0462. The van der Waals surface area contributed by atoms with Crippen molar-refractivity contribution in [1.29, 1.82) is 0 Å². The second kappa shape index (κ2) is 9.28.